The molecule has 0 N–H and O–H groups in total. The van der Waals surface area contributed by atoms with E-state index in [1.54, 1.807) is 24.5 Å². The van der Waals surface area contributed by atoms with Gasteiger partial charge in [-0.05, 0) is 11.1 Å². The summed E-state index contributed by atoms with van der Waals surface area (Å²) in [5, 5.41) is 0. The van der Waals surface area contributed by atoms with Crippen molar-refractivity contribution in [1.29, 1.82) is 0 Å². The van der Waals surface area contributed by atoms with Crippen molar-refractivity contribution in [2.45, 2.75) is 6.67 Å². The average Bonchev–Trinajstić information content (AvgIpc) is 2.30. The number of benzene rings is 1. The van der Waals surface area contributed by atoms with Gasteiger partial charge in [0.05, 0.1) is 0 Å². The minimum absolute atomic E-state index is 0.425. The van der Waals surface area contributed by atoms with Crippen LogP contribution in [0.2, 0.25) is 0 Å². The number of nitrogens with zero attached hydrogens (tertiary/aromatic N) is 2. The minimum Gasteiger partial charge on any atom is -0.246 e. The molecule has 0 spiro atoms. The third kappa shape index (κ3) is 1.76. The summed E-state index contributed by atoms with van der Waals surface area (Å²) < 4.78 is 12.2. The van der Waals surface area contributed by atoms with E-state index in [-0.39, 0.29) is 0 Å². The molecular formula is C11H9FN2. The lowest BCUT2D eigenvalue weighted by Gasteiger charge is -2.00. The number of hydrogen-bond acceptors (Lipinski definition) is 2. The van der Waals surface area contributed by atoms with E-state index in [2.05, 4.69) is 9.97 Å². The molecule has 0 atom stereocenters. The Morgan fingerprint density at radius 1 is 0.929 bits per heavy atom. The molecule has 1 aromatic heterocycles. The molecule has 1 heterocycles. The Morgan fingerprint density at radius 3 is 2.14 bits per heavy atom. The monoisotopic (exact) mass is 188 g/mol. The van der Waals surface area contributed by atoms with E-state index in [0.717, 1.165) is 11.1 Å². The Hall–Kier alpha value is -1.77. The van der Waals surface area contributed by atoms with Crippen LogP contribution >= 0.6 is 0 Å². The first kappa shape index (κ1) is 8.81. The van der Waals surface area contributed by atoms with Gasteiger partial charge in [0.1, 0.15) is 13.0 Å². The zero-order chi connectivity index (χ0) is 9.80. The van der Waals surface area contributed by atoms with Crippen molar-refractivity contribution < 1.29 is 4.39 Å². The lowest BCUT2D eigenvalue weighted by Crippen LogP contribution is -1.83. The fourth-order valence-electron chi connectivity index (χ4n) is 1.23. The molecule has 0 bridgehead atoms. The highest BCUT2D eigenvalue weighted by molar-refractivity contribution is 5.61. The third-order valence-electron chi connectivity index (χ3n) is 2.00. The van der Waals surface area contributed by atoms with Crippen LogP contribution in [0.1, 0.15) is 5.56 Å². The first-order valence-electron chi connectivity index (χ1n) is 4.30. The predicted molar refractivity (Wildman–Crippen MR) is 52.3 cm³/mol. The summed E-state index contributed by atoms with van der Waals surface area (Å²) in [7, 11) is 0. The van der Waals surface area contributed by atoms with Gasteiger partial charge in [0, 0.05) is 18.0 Å². The molecule has 2 aromatic rings. The molecule has 70 valence electrons. The van der Waals surface area contributed by atoms with Gasteiger partial charge in [-0.25, -0.2) is 14.4 Å². The second-order valence-electron chi connectivity index (χ2n) is 2.96. The fourth-order valence-corrected chi connectivity index (χ4v) is 1.23. The summed E-state index contributed by atoms with van der Waals surface area (Å²) in [6, 6.07) is 7.27. The average molecular weight is 188 g/mol. The lowest BCUT2D eigenvalue weighted by molar-refractivity contribution is 0.485. The van der Waals surface area contributed by atoms with Gasteiger partial charge < -0.3 is 0 Å². The number of rotatable bonds is 2. The van der Waals surface area contributed by atoms with Crippen LogP contribution in [0.15, 0.2) is 43.0 Å². The first-order chi connectivity index (χ1) is 6.90. The fraction of sp³-hybridized carbons (Fsp3) is 0.0909. The minimum atomic E-state index is -0.425. The molecule has 0 aliphatic heterocycles. The van der Waals surface area contributed by atoms with Crippen LogP contribution in [0, 0.1) is 0 Å². The summed E-state index contributed by atoms with van der Waals surface area (Å²) in [6.45, 7) is -0.425. The second kappa shape index (κ2) is 3.96. The van der Waals surface area contributed by atoms with E-state index in [1.165, 1.54) is 6.33 Å². The zero-order valence-electron chi connectivity index (χ0n) is 7.52. The second-order valence-corrected chi connectivity index (χ2v) is 2.96. The van der Waals surface area contributed by atoms with Crippen molar-refractivity contribution in [1.82, 2.24) is 9.97 Å². The number of hydrogen-bond donors (Lipinski definition) is 0. The molecule has 14 heavy (non-hydrogen) atoms. The molecule has 2 nitrogen and oxygen atoms in total. The van der Waals surface area contributed by atoms with Crippen molar-refractivity contribution in [2.75, 3.05) is 0 Å². The van der Waals surface area contributed by atoms with Crippen LogP contribution in [0.4, 0.5) is 4.39 Å². The summed E-state index contributed by atoms with van der Waals surface area (Å²) in [5.41, 5.74) is 2.63. The molecule has 0 fully saturated rings. The molecule has 0 unspecified atom stereocenters. The van der Waals surface area contributed by atoms with Gasteiger partial charge in [0.2, 0.25) is 0 Å². The van der Waals surface area contributed by atoms with Gasteiger partial charge in [0.15, 0.2) is 0 Å². The molecule has 0 amide bonds. The Labute approximate surface area is 81.5 Å². The maximum Gasteiger partial charge on any atom is 0.115 e. The standard InChI is InChI=1S/C11H9FN2/c12-5-9-1-3-10(4-2-9)11-6-13-8-14-7-11/h1-4,6-8H,5H2. The van der Waals surface area contributed by atoms with Crippen LogP contribution in [0.25, 0.3) is 11.1 Å². The van der Waals surface area contributed by atoms with Crippen LogP contribution in [0.5, 0.6) is 0 Å². The van der Waals surface area contributed by atoms with E-state index in [1.807, 2.05) is 12.1 Å². The van der Waals surface area contributed by atoms with Gasteiger partial charge in [-0.15, -0.1) is 0 Å². The molecule has 1 aromatic carbocycles. The van der Waals surface area contributed by atoms with Crippen molar-refractivity contribution in [3.63, 3.8) is 0 Å². The molecule has 2 rings (SSSR count). The van der Waals surface area contributed by atoms with E-state index in [9.17, 15) is 4.39 Å². The summed E-state index contributed by atoms with van der Waals surface area (Å²) in [6.07, 6.45) is 4.95. The summed E-state index contributed by atoms with van der Waals surface area (Å²) in [5.74, 6) is 0. The maximum atomic E-state index is 12.2. The maximum absolute atomic E-state index is 12.2. The lowest BCUT2D eigenvalue weighted by atomic mass is 10.1. The van der Waals surface area contributed by atoms with Gasteiger partial charge >= 0.3 is 0 Å². The van der Waals surface area contributed by atoms with Gasteiger partial charge in [-0.1, -0.05) is 24.3 Å². The molecule has 0 radical (unpaired) electrons. The third-order valence-corrected chi connectivity index (χ3v) is 2.00. The van der Waals surface area contributed by atoms with E-state index < -0.39 is 6.67 Å². The normalized spacial score (nSPS) is 10.1. The van der Waals surface area contributed by atoms with Crippen molar-refractivity contribution in [3.05, 3.63) is 48.5 Å². The Balaban J connectivity index is 2.34. The Bertz CT molecular complexity index is 397. The summed E-state index contributed by atoms with van der Waals surface area (Å²) >= 11 is 0. The molecule has 0 aliphatic carbocycles. The highest BCUT2D eigenvalue weighted by Gasteiger charge is 1.97. The van der Waals surface area contributed by atoms with Crippen LogP contribution in [-0.4, -0.2) is 9.97 Å². The Kier molecular flexibility index (Phi) is 2.49. The number of aromatic nitrogens is 2. The van der Waals surface area contributed by atoms with Crippen LogP contribution < -0.4 is 0 Å². The first-order valence-corrected chi connectivity index (χ1v) is 4.30. The van der Waals surface area contributed by atoms with E-state index in [4.69, 9.17) is 0 Å². The molecule has 0 aliphatic rings. The van der Waals surface area contributed by atoms with Gasteiger partial charge in [-0.2, -0.15) is 0 Å². The number of halogens is 1. The largest absolute Gasteiger partial charge is 0.246 e. The summed E-state index contributed by atoms with van der Waals surface area (Å²) in [4.78, 5) is 7.84. The highest BCUT2D eigenvalue weighted by Crippen LogP contribution is 2.17. The topological polar surface area (TPSA) is 25.8 Å². The predicted octanol–water partition coefficient (Wildman–Crippen LogP) is 2.61. The van der Waals surface area contributed by atoms with Crippen LogP contribution in [-0.2, 0) is 6.67 Å². The number of alkyl halides is 1. The van der Waals surface area contributed by atoms with E-state index in [0.29, 0.717) is 5.56 Å². The quantitative estimate of drug-likeness (QED) is 0.724. The highest BCUT2D eigenvalue weighted by atomic mass is 19.1. The van der Waals surface area contributed by atoms with Gasteiger partial charge in [-0.3, -0.25) is 0 Å². The SMILES string of the molecule is FCc1ccc(-c2cncnc2)cc1. The van der Waals surface area contributed by atoms with Crippen LogP contribution in [0.3, 0.4) is 0 Å². The molecule has 0 saturated heterocycles. The molecule has 0 saturated carbocycles. The van der Waals surface area contributed by atoms with Crippen molar-refractivity contribution in [2.24, 2.45) is 0 Å². The Morgan fingerprint density at radius 2 is 1.57 bits per heavy atom. The van der Waals surface area contributed by atoms with Crippen molar-refractivity contribution >= 4 is 0 Å². The van der Waals surface area contributed by atoms with E-state index >= 15 is 0 Å². The zero-order valence-corrected chi connectivity index (χ0v) is 7.52. The van der Waals surface area contributed by atoms with Crippen molar-refractivity contribution in [3.8, 4) is 11.1 Å². The van der Waals surface area contributed by atoms with Gasteiger partial charge in [0.25, 0.3) is 0 Å². The smallest absolute Gasteiger partial charge is 0.115 e. The molecular weight excluding hydrogens is 179 g/mol. The molecule has 3 heteroatoms.